The Labute approximate surface area is 122 Å². The molecule has 1 heterocycles. The van der Waals surface area contributed by atoms with E-state index < -0.39 is 5.97 Å². The predicted octanol–water partition coefficient (Wildman–Crippen LogP) is 3.01. The third-order valence-electron chi connectivity index (χ3n) is 3.09. The van der Waals surface area contributed by atoms with Crippen molar-refractivity contribution >= 4 is 17.3 Å². The molecule has 106 valence electrons. The van der Waals surface area contributed by atoms with Crippen LogP contribution in [0.25, 0.3) is 0 Å². The number of rotatable bonds is 7. The molecule has 0 fully saturated rings. The monoisotopic (exact) mass is 290 g/mol. The van der Waals surface area contributed by atoms with E-state index in [2.05, 4.69) is 17.2 Å². The van der Waals surface area contributed by atoms with Gasteiger partial charge in [0.15, 0.2) is 0 Å². The van der Waals surface area contributed by atoms with E-state index in [9.17, 15) is 4.79 Å². The summed E-state index contributed by atoms with van der Waals surface area (Å²) in [6.45, 7) is 2.89. The number of thiazole rings is 1. The molecular formula is C15H18N2O2S. The van der Waals surface area contributed by atoms with Crippen LogP contribution < -0.4 is 5.32 Å². The Balaban J connectivity index is 1.91. The average molecular weight is 290 g/mol. The first-order valence-electron chi connectivity index (χ1n) is 6.61. The molecule has 5 heteroatoms. The lowest BCUT2D eigenvalue weighted by atomic mass is 10.1. The number of carboxylic acid groups (broad SMARTS) is 1. The second kappa shape index (κ2) is 7.17. The van der Waals surface area contributed by atoms with Gasteiger partial charge >= 0.3 is 5.97 Å². The maximum atomic E-state index is 10.6. The van der Waals surface area contributed by atoms with Crippen LogP contribution in [-0.2, 0) is 17.8 Å². The Morgan fingerprint density at radius 2 is 2.05 bits per heavy atom. The molecule has 1 atom stereocenters. The predicted molar refractivity (Wildman–Crippen MR) is 79.8 cm³/mol. The molecule has 0 bridgehead atoms. The maximum Gasteiger partial charge on any atom is 0.307 e. The van der Waals surface area contributed by atoms with E-state index in [1.807, 2.05) is 35.8 Å². The van der Waals surface area contributed by atoms with Crippen molar-refractivity contribution in [3.8, 4) is 0 Å². The van der Waals surface area contributed by atoms with Crippen LogP contribution in [0.4, 0.5) is 0 Å². The Morgan fingerprint density at radius 1 is 1.35 bits per heavy atom. The van der Waals surface area contributed by atoms with Crippen LogP contribution in [0.15, 0.2) is 35.8 Å². The summed E-state index contributed by atoms with van der Waals surface area (Å²) in [6.07, 6.45) is 2.89. The number of benzene rings is 1. The van der Waals surface area contributed by atoms with E-state index in [1.54, 1.807) is 11.3 Å². The molecule has 0 saturated heterocycles. The highest BCUT2D eigenvalue weighted by Crippen LogP contribution is 2.19. The summed E-state index contributed by atoms with van der Waals surface area (Å²) in [5.41, 5.74) is 1.97. The van der Waals surface area contributed by atoms with Crippen molar-refractivity contribution < 1.29 is 9.90 Å². The van der Waals surface area contributed by atoms with Crippen LogP contribution in [-0.4, -0.2) is 16.1 Å². The molecule has 2 rings (SSSR count). The number of aromatic nitrogens is 1. The minimum Gasteiger partial charge on any atom is -0.481 e. The molecule has 2 aromatic rings. The Kier molecular flexibility index (Phi) is 5.26. The van der Waals surface area contributed by atoms with E-state index in [0.29, 0.717) is 0 Å². The molecular weight excluding hydrogens is 272 g/mol. The van der Waals surface area contributed by atoms with Crippen LogP contribution in [0.1, 0.15) is 35.5 Å². The fraction of sp³-hybridized carbons (Fsp3) is 0.333. The highest BCUT2D eigenvalue weighted by Gasteiger charge is 2.10. The summed E-state index contributed by atoms with van der Waals surface area (Å²) in [6, 6.07) is 7.96. The molecule has 1 unspecified atom stereocenters. The van der Waals surface area contributed by atoms with Crippen molar-refractivity contribution in [1.29, 1.82) is 0 Å². The number of nitrogens with zero attached hydrogens (tertiary/aromatic N) is 1. The van der Waals surface area contributed by atoms with Crippen molar-refractivity contribution in [3.05, 3.63) is 52.0 Å². The van der Waals surface area contributed by atoms with E-state index in [-0.39, 0.29) is 12.5 Å². The van der Waals surface area contributed by atoms with Crippen molar-refractivity contribution in [2.24, 2.45) is 0 Å². The van der Waals surface area contributed by atoms with Crippen molar-refractivity contribution in [1.82, 2.24) is 10.3 Å². The van der Waals surface area contributed by atoms with Crippen molar-refractivity contribution in [2.75, 3.05) is 0 Å². The van der Waals surface area contributed by atoms with E-state index in [1.165, 1.54) is 0 Å². The normalized spacial score (nSPS) is 12.2. The van der Waals surface area contributed by atoms with Gasteiger partial charge in [-0.2, -0.15) is 0 Å². The molecule has 20 heavy (non-hydrogen) atoms. The van der Waals surface area contributed by atoms with Gasteiger partial charge in [-0.05, 0) is 17.5 Å². The number of nitrogens with one attached hydrogen (secondary N) is 1. The maximum absolute atomic E-state index is 10.6. The fourth-order valence-corrected chi connectivity index (χ4v) is 2.80. The van der Waals surface area contributed by atoms with E-state index >= 15 is 0 Å². The first kappa shape index (κ1) is 14.7. The van der Waals surface area contributed by atoms with Gasteiger partial charge in [-0.3, -0.25) is 4.79 Å². The van der Waals surface area contributed by atoms with Gasteiger partial charge < -0.3 is 10.4 Å². The number of hydrogen-bond donors (Lipinski definition) is 2. The number of hydrogen-bond acceptors (Lipinski definition) is 4. The van der Waals surface area contributed by atoms with Crippen molar-refractivity contribution in [3.63, 3.8) is 0 Å². The van der Waals surface area contributed by atoms with E-state index in [0.717, 1.165) is 29.1 Å². The summed E-state index contributed by atoms with van der Waals surface area (Å²) >= 11 is 1.66. The molecule has 0 radical (unpaired) electrons. The van der Waals surface area contributed by atoms with Gasteiger partial charge in [0.1, 0.15) is 5.01 Å². The molecule has 1 aromatic carbocycles. The first-order chi connectivity index (χ1) is 9.69. The summed E-state index contributed by atoms with van der Waals surface area (Å²) in [5, 5.41) is 15.3. The quantitative estimate of drug-likeness (QED) is 0.823. The largest absolute Gasteiger partial charge is 0.481 e. The fourth-order valence-electron chi connectivity index (χ4n) is 2.00. The molecule has 2 N–H and O–H groups in total. The molecule has 0 amide bonds. The van der Waals surface area contributed by atoms with Crippen LogP contribution in [0.5, 0.6) is 0 Å². The SMILES string of the molecule is CCC(NCc1ccc(CC(=O)O)cc1)c1nccs1. The van der Waals surface area contributed by atoms with E-state index in [4.69, 9.17) is 5.11 Å². The minimum absolute atomic E-state index is 0.0738. The summed E-state index contributed by atoms with van der Waals surface area (Å²) in [5.74, 6) is -0.800. The lowest BCUT2D eigenvalue weighted by molar-refractivity contribution is -0.136. The average Bonchev–Trinajstić information content (AvgIpc) is 2.95. The molecule has 0 aliphatic heterocycles. The Morgan fingerprint density at radius 3 is 2.60 bits per heavy atom. The van der Waals surface area contributed by atoms with Gasteiger partial charge in [0.25, 0.3) is 0 Å². The number of carboxylic acids is 1. The summed E-state index contributed by atoms with van der Waals surface area (Å²) < 4.78 is 0. The Bertz CT molecular complexity index is 538. The van der Waals surface area contributed by atoms with Crippen LogP contribution >= 0.6 is 11.3 Å². The Hall–Kier alpha value is -1.72. The van der Waals surface area contributed by atoms with Crippen molar-refractivity contribution in [2.45, 2.75) is 32.4 Å². The van der Waals surface area contributed by atoms with Gasteiger partial charge in [0.2, 0.25) is 0 Å². The van der Waals surface area contributed by atoms with Gasteiger partial charge in [-0.15, -0.1) is 11.3 Å². The zero-order chi connectivity index (χ0) is 14.4. The number of carbonyl (C=O) groups is 1. The molecule has 0 aliphatic carbocycles. The molecule has 0 aliphatic rings. The smallest absolute Gasteiger partial charge is 0.307 e. The van der Waals surface area contributed by atoms with Crippen LogP contribution in [0.3, 0.4) is 0 Å². The highest BCUT2D eigenvalue weighted by atomic mass is 32.1. The molecule has 1 aromatic heterocycles. The van der Waals surface area contributed by atoms with Gasteiger partial charge in [0.05, 0.1) is 12.5 Å². The minimum atomic E-state index is -0.800. The van der Waals surface area contributed by atoms with Gasteiger partial charge in [-0.1, -0.05) is 31.2 Å². The van der Waals surface area contributed by atoms with Gasteiger partial charge in [0, 0.05) is 18.1 Å². The molecule has 0 spiro atoms. The van der Waals surface area contributed by atoms with Crippen LogP contribution in [0, 0.1) is 0 Å². The van der Waals surface area contributed by atoms with Gasteiger partial charge in [-0.25, -0.2) is 4.98 Å². The summed E-state index contributed by atoms with van der Waals surface area (Å²) in [4.78, 5) is 15.0. The second-order valence-electron chi connectivity index (χ2n) is 4.60. The third-order valence-corrected chi connectivity index (χ3v) is 3.98. The zero-order valence-corrected chi connectivity index (χ0v) is 12.2. The highest BCUT2D eigenvalue weighted by molar-refractivity contribution is 7.09. The lowest BCUT2D eigenvalue weighted by Crippen LogP contribution is -2.20. The third kappa shape index (κ3) is 4.15. The topological polar surface area (TPSA) is 62.2 Å². The first-order valence-corrected chi connectivity index (χ1v) is 7.49. The zero-order valence-electron chi connectivity index (χ0n) is 11.4. The second-order valence-corrected chi connectivity index (χ2v) is 5.53. The van der Waals surface area contributed by atoms with Crippen LogP contribution in [0.2, 0.25) is 0 Å². The number of aliphatic carboxylic acids is 1. The molecule has 4 nitrogen and oxygen atoms in total. The standard InChI is InChI=1S/C15H18N2O2S/c1-2-13(15-16-7-8-20-15)17-10-12-5-3-11(4-6-12)9-14(18)19/h3-8,13,17H,2,9-10H2,1H3,(H,18,19). The molecule has 0 saturated carbocycles. The summed E-state index contributed by atoms with van der Waals surface area (Å²) in [7, 11) is 0. The lowest BCUT2D eigenvalue weighted by Gasteiger charge is -2.14.